The van der Waals surface area contributed by atoms with E-state index in [1.54, 1.807) is 0 Å². The minimum atomic E-state index is -0.148. The van der Waals surface area contributed by atoms with Gasteiger partial charge >= 0.3 is 0 Å². The lowest BCUT2D eigenvalue weighted by molar-refractivity contribution is 0.559. The zero-order valence-corrected chi connectivity index (χ0v) is 28.3. The lowest BCUT2D eigenvalue weighted by Gasteiger charge is -2.21. The van der Waals surface area contributed by atoms with Gasteiger partial charge in [0, 0.05) is 27.2 Å². The van der Waals surface area contributed by atoms with Crippen molar-refractivity contribution in [3.8, 4) is 16.8 Å². The molecule has 1 atom stereocenters. The largest absolute Gasteiger partial charge is 0.455 e. The molecule has 246 valence electrons. The van der Waals surface area contributed by atoms with Gasteiger partial charge in [-0.05, 0) is 71.8 Å². The SMILES string of the molecule is CNC(N/C(=N\Cc1ccccc1)c1cccc2c1oc1ccc(-c3cccc4c3c3ccccc3n4-c3ccccc3)cc12)c1ccccc1. The third-order valence-electron chi connectivity index (χ3n) is 9.74. The highest BCUT2D eigenvalue weighted by atomic mass is 16.3. The number of aliphatic imine (C=N–C) groups is 1. The first-order chi connectivity index (χ1) is 25.3. The summed E-state index contributed by atoms with van der Waals surface area (Å²) in [6.45, 7) is 0.537. The van der Waals surface area contributed by atoms with Gasteiger partial charge in [0.25, 0.3) is 0 Å². The van der Waals surface area contributed by atoms with Gasteiger partial charge in [-0.25, -0.2) is 0 Å². The molecule has 0 radical (unpaired) electrons. The second-order valence-electron chi connectivity index (χ2n) is 12.8. The Morgan fingerprint density at radius 2 is 1.33 bits per heavy atom. The fourth-order valence-electron chi connectivity index (χ4n) is 7.33. The van der Waals surface area contributed by atoms with E-state index in [9.17, 15) is 0 Å². The Bertz CT molecular complexity index is 2670. The van der Waals surface area contributed by atoms with Crippen LogP contribution in [0.5, 0.6) is 0 Å². The van der Waals surface area contributed by atoms with Gasteiger partial charge in [-0.15, -0.1) is 0 Å². The number of rotatable bonds is 8. The summed E-state index contributed by atoms with van der Waals surface area (Å²) in [4.78, 5) is 5.16. The Balaban J connectivity index is 1.19. The van der Waals surface area contributed by atoms with Crippen molar-refractivity contribution in [3.63, 3.8) is 0 Å². The molecule has 2 heterocycles. The molecule has 0 aliphatic rings. The molecule has 0 aliphatic heterocycles. The van der Waals surface area contributed by atoms with Crippen LogP contribution in [-0.2, 0) is 6.54 Å². The molecule has 0 saturated carbocycles. The topological polar surface area (TPSA) is 54.5 Å². The fraction of sp³-hybridized carbons (Fsp3) is 0.0652. The molecule has 9 aromatic rings. The predicted molar refractivity (Wildman–Crippen MR) is 212 cm³/mol. The molecule has 0 aliphatic carbocycles. The molecule has 2 N–H and O–H groups in total. The summed E-state index contributed by atoms with van der Waals surface area (Å²) in [5.74, 6) is 0.769. The first-order valence-corrected chi connectivity index (χ1v) is 17.4. The maximum absolute atomic E-state index is 6.70. The molecular weight excluding hydrogens is 625 g/mol. The molecule has 9 rings (SSSR count). The molecule has 0 amide bonds. The highest BCUT2D eigenvalue weighted by Gasteiger charge is 2.20. The van der Waals surface area contributed by atoms with Gasteiger partial charge < -0.3 is 14.3 Å². The monoisotopic (exact) mass is 660 g/mol. The molecule has 0 saturated heterocycles. The third-order valence-corrected chi connectivity index (χ3v) is 9.74. The lowest BCUT2D eigenvalue weighted by Crippen LogP contribution is -2.37. The van der Waals surface area contributed by atoms with Crippen LogP contribution >= 0.6 is 0 Å². The maximum Gasteiger partial charge on any atom is 0.146 e. The van der Waals surface area contributed by atoms with Crippen LogP contribution in [0.4, 0.5) is 0 Å². The second-order valence-corrected chi connectivity index (χ2v) is 12.8. The number of nitrogens with one attached hydrogen (secondary N) is 2. The van der Waals surface area contributed by atoms with Crippen LogP contribution in [-0.4, -0.2) is 17.5 Å². The van der Waals surface area contributed by atoms with Crippen molar-refractivity contribution in [1.29, 1.82) is 0 Å². The molecule has 0 bridgehead atoms. The normalized spacial score (nSPS) is 12.6. The van der Waals surface area contributed by atoms with Crippen molar-refractivity contribution in [2.45, 2.75) is 12.7 Å². The van der Waals surface area contributed by atoms with E-state index in [-0.39, 0.29) is 6.17 Å². The van der Waals surface area contributed by atoms with Crippen LogP contribution in [0.3, 0.4) is 0 Å². The van der Waals surface area contributed by atoms with Gasteiger partial charge in [0.2, 0.25) is 0 Å². The van der Waals surface area contributed by atoms with Gasteiger partial charge in [-0.1, -0.05) is 127 Å². The van der Waals surface area contributed by atoms with E-state index in [2.05, 4.69) is 173 Å². The molecule has 5 nitrogen and oxygen atoms in total. The van der Waals surface area contributed by atoms with Crippen molar-refractivity contribution in [2.75, 3.05) is 7.05 Å². The van der Waals surface area contributed by atoms with Crippen LogP contribution in [0.25, 0.3) is 60.6 Å². The van der Waals surface area contributed by atoms with Crippen LogP contribution < -0.4 is 10.6 Å². The van der Waals surface area contributed by atoms with Crippen molar-refractivity contribution in [3.05, 3.63) is 187 Å². The third kappa shape index (κ3) is 5.54. The predicted octanol–water partition coefficient (Wildman–Crippen LogP) is 10.8. The summed E-state index contributed by atoms with van der Waals surface area (Å²) < 4.78 is 9.07. The van der Waals surface area contributed by atoms with Crippen molar-refractivity contribution >= 4 is 49.6 Å². The summed E-state index contributed by atoms with van der Waals surface area (Å²) in [7, 11) is 1.96. The highest BCUT2D eigenvalue weighted by Crippen LogP contribution is 2.40. The van der Waals surface area contributed by atoms with E-state index >= 15 is 0 Å². The molecule has 5 heteroatoms. The number of amidine groups is 1. The minimum Gasteiger partial charge on any atom is -0.455 e. The van der Waals surface area contributed by atoms with E-state index < -0.39 is 0 Å². The Kier molecular flexibility index (Phi) is 7.88. The van der Waals surface area contributed by atoms with Gasteiger partial charge in [-0.2, -0.15) is 0 Å². The molecule has 7 aromatic carbocycles. The van der Waals surface area contributed by atoms with Gasteiger partial charge in [0.1, 0.15) is 23.2 Å². The van der Waals surface area contributed by atoms with Gasteiger partial charge in [-0.3, -0.25) is 10.3 Å². The molecule has 0 fully saturated rings. The molecule has 0 spiro atoms. The highest BCUT2D eigenvalue weighted by molar-refractivity contribution is 6.18. The van der Waals surface area contributed by atoms with Crippen LogP contribution in [0.1, 0.15) is 22.9 Å². The second kappa shape index (κ2) is 13.1. The number of para-hydroxylation sites is 3. The van der Waals surface area contributed by atoms with E-state index in [0.717, 1.165) is 55.7 Å². The molecular formula is C46H36N4O. The zero-order chi connectivity index (χ0) is 34.1. The quantitative estimate of drug-likeness (QED) is 0.0969. The fourth-order valence-corrected chi connectivity index (χ4v) is 7.33. The number of benzene rings is 7. The first kappa shape index (κ1) is 30.6. The minimum absolute atomic E-state index is 0.148. The number of hydrogen-bond donors (Lipinski definition) is 2. The van der Waals surface area contributed by atoms with Crippen LogP contribution in [0.2, 0.25) is 0 Å². The summed E-state index contributed by atoms with van der Waals surface area (Å²) in [5, 5.41) is 11.7. The molecule has 1 unspecified atom stereocenters. The first-order valence-electron chi connectivity index (χ1n) is 17.4. The number of aromatic nitrogens is 1. The number of furan rings is 1. The Morgan fingerprint density at radius 1 is 0.647 bits per heavy atom. The Hall–Kier alpha value is -6.43. The van der Waals surface area contributed by atoms with Crippen molar-refractivity contribution in [1.82, 2.24) is 15.2 Å². The van der Waals surface area contributed by atoms with Crippen LogP contribution in [0.15, 0.2) is 179 Å². The number of hydrogen-bond acceptors (Lipinski definition) is 3. The molecule has 51 heavy (non-hydrogen) atoms. The Morgan fingerprint density at radius 3 is 2.14 bits per heavy atom. The van der Waals surface area contributed by atoms with Gasteiger partial charge in [0.05, 0.1) is 23.1 Å². The van der Waals surface area contributed by atoms with Crippen LogP contribution in [0, 0.1) is 0 Å². The summed E-state index contributed by atoms with van der Waals surface area (Å²) in [5.41, 5.74) is 10.7. The maximum atomic E-state index is 6.70. The average Bonchev–Trinajstić information content (AvgIpc) is 3.75. The standard InChI is InChI=1S/C46H36N4O/c1-47-45(32-17-7-3-8-18-32)49-46(48-30-31-15-5-2-6-16-31)38-24-13-23-36-39-29-33(27-28-42(39)51-44(36)38)35-22-14-26-41-43(35)37-21-11-12-25-40(37)50(41)34-19-9-4-10-20-34/h2-29,45,47H,30H2,1H3,(H,48,49). The number of nitrogens with zero attached hydrogens (tertiary/aromatic N) is 2. The lowest BCUT2D eigenvalue weighted by atomic mass is 9.97. The van der Waals surface area contributed by atoms with E-state index in [1.165, 1.54) is 27.4 Å². The van der Waals surface area contributed by atoms with Crippen molar-refractivity contribution < 1.29 is 4.42 Å². The summed E-state index contributed by atoms with van der Waals surface area (Å²) >= 11 is 0. The zero-order valence-electron chi connectivity index (χ0n) is 28.3. The van der Waals surface area contributed by atoms with Crippen molar-refractivity contribution in [2.24, 2.45) is 4.99 Å². The Labute approximate surface area is 296 Å². The summed E-state index contributed by atoms with van der Waals surface area (Å²) in [6.07, 6.45) is -0.148. The van der Waals surface area contributed by atoms with E-state index in [0.29, 0.717) is 6.54 Å². The van der Waals surface area contributed by atoms with E-state index in [1.807, 2.05) is 19.2 Å². The van der Waals surface area contributed by atoms with E-state index in [4.69, 9.17) is 9.41 Å². The average molecular weight is 661 g/mol. The molecule has 2 aromatic heterocycles. The number of fused-ring (bicyclic) bond motifs is 6. The smallest absolute Gasteiger partial charge is 0.146 e. The summed E-state index contributed by atoms with van der Waals surface area (Å²) in [6, 6.07) is 59.6. The van der Waals surface area contributed by atoms with Gasteiger partial charge in [0.15, 0.2) is 0 Å².